The van der Waals surface area contributed by atoms with Crippen LogP contribution in [0.5, 0.6) is 11.5 Å². The molecule has 2 N–H and O–H groups in total. The highest BCUT2D eigenvalue weighted by Crippen LogP contribution is 2.32. The van der Waals surface area contributed by atoms with E-state index in [0.29, 0.717) is 35.5 Å². The van der Waals surface area contributed by atoms with Crippen LogP contribution in [0.15, 0.2) is 18.2 Å². The number of hydrogen-bond donors (Lipinski definition) is 2. The molecule has 2 rings (SSSR count). The number of anilines is 1. The summed E-state index contributed by atoms with van der Waals surface area (Å²) in [5.74, 6) is 0.397. The van der Waals surface area contributed by atoms with Crippen LogP contribution in [0.1, 0.15) is 27.9 Å². The van der Waals surface area contributed by atoms with E-state index in [9.17, 15) is 4.79 Å². The van der Waals surface area contributed by atoms with Crippen LogP contribution >= 0.6 is 11.3 Å². The zero-order valence-electron chi connectivity index (χ0n) is 12.7. The van der Waals surface area contributed by atoms with Gasteiger partial charge in [0.2, 0.25) is 0 Å². The quantitative estimate of drug-likeness (QED) is 0.815. The Labute approximate surface area is 132 Å². The third kappa shape index (κ3) is 3.48. The fourth-order valence-electron chi connectivity index (χ4n) is 2.01. The van der Waals surface area contributed by atoms with Crippen LogP contribution in [0.3, 0.4) is 0 Å². The molecule has 0 amide bonds. The van der Waals surface area contributed by atoms with Crippen LogP contribution in [0.4, 0.5) is 5.13 Å². The number of nitrogens with zero attached hydrogens (tertiary/aromatic N) is 1. The number of aromatic carboxylic acids is 1. The number of nitrogens with one attached hydrogen (secondary N) is 1. The van der Waals surface area contributed by atoms with Gasteiger partial charge < -0.3 is 19.9 Å². The number of aryl methyl sites for hydroxylation is 1. The molecule has 0 spiro atoms. The predicted molar refractivity (Wildman–Crippen MR) is 85.3 cm³/mol. The molecule has 7 heteroatoms. The second-order valence-electron chi connectivity index (χ2n) is 4.47. The molecule has 6 nitrogen and oxygen atoms in total. The van der Waals surface area contributed by atoms with E-state index in [1.54, 1.807) is 14.0 Å². The standard InChI is InChI=1S/C15H18N2O4S/c1-4-21-12-10(6-5-7-11(12)20-3)8-16-15-17-9(2)13(22-15)14(18)19/h5-7H,4,8H2,1-3H3,(H,16,17)(H,18,19). The van der Waals surface area contributed by atoms with Gasteiger partial charge in [0.1, 0.15) is 4.88 Å². The summed E-state index contributed by atoms with van der Waals surface area (Å²) in [4.78, 5) is 15.5. The molecule has 22 heavy (non-hydrogen) atoms. The third-order valence-electron chi connectivity index (χ3n) is 2.99. The highest BCUT2D eigenvalue weighted by atomic mass is 32.1. The van der Waals surface area contributed by atoms with E-state index in [4.69, 9.17) is 14.6 Å². The van der Waals surface area contributed by atoms with Gasteiger partial charge in [-0.3, -0.25) is 0 Å². The monoisotopic (exact) mass is 322 g/mol. The van der Waals surface area contributed by atoms with E-state index < -0.39 is 5.97 Å². The molecular formula is C15H18N2O4S. The number of ether oxygens (including phenoxy) is 2. The summed E-state index contributed by atoms with van der Waals surface area (Å²) in [5.41, 5.74) is 1.43. The normalized spacial score (nSPS) is 10.3. The molecule has 0 unspecified atom stereocenters. The molecule has 2 aromatic rings. The molecule has 1 heterocycles. The Morgan fingerprint density at radius 3 is 2.82 bits per heavy atom. The van der Waals surface area contributed by atoms with E-state index in [2.05, 4.69) is 10.3 Å². The molecule has 0 atom stereocenters. The number of thiazole rings is 1. The number of methoxy groups -OCH3 is 1. The minimum absolute atomic E-state index is 0.248. The number of hydrogen-bond acceptors (Lipinski definition) is 6. The average Bonchev–Trinajstić information content (AvgIpc) is 2.87. The average molecular weight is 322 g/mol. The first-order chi connectivity index (χ1) is 10.6. The zero-order valence-corrected chi connectivity index (χ0v) is 13.5. The van der Waals surface area contributed by atoms with Crippen molar-refractivity contribution in [3.8, 4) is 11.5 Å². The summed E-state index contributed by atoms with van der Waals surface area (Å²) >= 11 is 1.12. The Bertz CT molecular complexity index is 670. The summed E-state index contributed by atoms with van der Waals surface area (Å²) in [5, 5.41) is 12.8. The Balaban J connectivity index is 2.17. The van der Waals surface area contributed by atoms with E-state index in [-0.39, 0.29) is 4.88 Å². The lowest BCUT2D eigenvalue weighted by molar-refractivity contribution is 0.0701. The van der Waals surface area contributed by atoms with Crippen molar-refractivity contribution in [1.82, 2.24) is 4.98 Å². The predicted octanol–water partition coefficient (Wildman–Crippen LogP) is 3.17. The van der Waals surface area contributed by atoms with Gasteiger partial charge in [-0.25, -0.2) is 9.78 Å². The third-order valence-corrected chi connectivity index (χ3v) is 4.09. The number of carboxylic acids is 1. The van der Waals surface area contributed by atoms with Crippen LogP contribution in [-0.4, -0.2) is 29.8 Å². The maximum absolute atomic E-state index is 11.0. The van der Waals surface area contributed by atoms with Crippen LogP contribution in [0.25, 0.3) is 0 Å². The van der Waals surface area contributed by atoms with Gasteiger partial charge >= 0.3 is 5.97 Å². The summed E-state index contributed by atoms with van der Waals surface area (Å²) in [6, 6.07) is 5.65. The number of rotatable bonds is 7. The molecule has 0 saturated heterocycles. The Hall–Kier alpha value is -2.28. The molecule has 0 saturated carbocycles. The Morgan fingerprint density at radius 1 is 1.45 bits per heavy atom. The molecule has 0 fully saturated rings. The highest BCUT2D eigenvalue weighted by molar-refractivity contribution is 7.17. The lowest BCUT2D eigenvalue weighted by atomic mass is 10.2. The minimum Gasteiger partial charge on any atom is -0.493 e. The molecule has 1 aromatic carbocycles. The van der Waals surface area contributed by atoms with Gasteiger partial charge in [-0.1, -0.05) is 23.5 Å². The van der Waals surface area contributed by atoms with E-state index in [0.717, 1.165) is 16.9 Å². The lowest BCUT2D eigenvalue weighted by Gasteiger charge is -2.14. The molecule has 1 aromatic heterocycles. The van der Waals surface area contributed by atoms with Gasteiger partial charge in [-0.05, 0) is 19.9 Å². The Morgan fingerprint density at radius 2 is 2.23 bits per heavy atom. The summed E-state index contributed by atoms with van der Waals surface area (Å²) < 4.78 is 10.9. The topological polar surface area (TPSA) is 80.7 Å². The number of para-hydroxylation sites is 1. The van der Waals surface area contributed by atoms with Crippen LogP contribution in [-0.2, 0) is 6.54 Å². The molecular weight excluding hydrogens is 304 g/mol. The summed E-state index contributed by atoms with van der Waals surface area (Å²) in [7, 11) is 1.60. The van der Waals surface area contributed by atoms with Crippen molar-refractivity contribution >= 4 is 22.4 Å². The first-order valence-corrected chi connectivity index (χ1v) is 7.61. The maximum Gasteiger partial charge on any atom is 0.347 e. The molecule has 0 aliphatic rings. The highest BCUT2D eigenvalue weighted by Gasteiger charge is 2.15. The van der Waals surface area contributed by atoms with Crippen molar-refractivity contribution in [1.29, 1.82) is 0 Å². The number of benzene rings is 1. The first kappa shape index (κ1) is 16.1. The number of carboxylic acid groups (broad SMARTS) is 1. The zero-order chi connectivity index (χ0) is 16.1. The SMILES string of the molecule is CCOc1c(CNc2nc(C)c(C(=O)O)s2)cccc1OC. The van der Waals surface area contributed by atoms with Gasteiger partial charge in [0.25, 0.3) is 0 Å². The summed E-state index contributed by atoms with van der Waals surface area (Å²) in [6.45, 7) is 4.60. The molecule has 0 bridgehead atoms. The van der Waals surface area contributed by atoms with Gasteiger partial charge in [0.05, 0.1) is 19.4 Å². The smallest absolute Gasteiger partial charge is 0.347 e. The van der Waals surface area contributed by atoms with Gasteiger partial charge in [0.15, 0.2) is 16.6 Å². The molecule has 0 aliphatic carbocycles. The number of carbonyl (C=O) groups is 1. The van der Waals surface area contributed by atoms with Crippen molar-refractivity contribution in [3.05, 3.63) is 34.3 Å². The number of aromatic nitrogens is 1. The fourth-order valence-corrected chi connectivity index (χ4v) is 2.81. The van der Waals surface area contributed by atoms with Gasteiger partial charge in [0, 0.05) is 12.1 Å². The van der Waals surface area contributed by atoms with Crippen molar-refractivity contribution in [2.45, 2.75) is 20.4 Å². The van der Waals surface area contributed by atoms with Gasteiger partial charge in [-0.2, -0.15) is 0 Å². The van der Waals surface area contributed by atoms with Crippen molar-refractivity contribution in [2.24, 2.45) is 0 Å². The molecule has 0 aliphatic heterocycles. The second-order valence-corrected chi connectivity index (χ2v) is 5.47. The largest absolute Gasteiger partial charge is 0.493 e. The summed E-state index contributed by atoms with van der Waals surface area (Å²) in [6.07, 6.45) is 0. The maximum atomic E-state index is 11.0. The lowest BCUT2D eigenvalue weighted by Crippen LogP contribution is -2.04. The fraction of sp³-hybridized carbons (Fsp3) is 0.333. The van der Waals surface area contributed by atoms with Crippen LogP contribution in [0, 0.1) is 6.92 Å². The first-order valence-electron chi connectivity index (χ1n) is 6.80. The van der Waals surface area contributed by atoms with Crippen molar-refractivity contribution in [3.63, 3.8) is 0 Å². The van der Waals surface area contributed by atoms with E-state index in [1.807, 2.05) is 25.1 Å². The van der Waals surface area contributed by atoms with Crippen molar-refractivity contribution in [2.75, 3.05) is 19.0 Å². The Kier molecular flexibility index (Phi) is 5.21. The van der Waals surface area contributed by atoms with Crippen molar-refractivity contribution < 1.29 is 19.4 Å². The second kappa shape index (κ2) is 7.13. The minimum atomic E-state index is -0.959. The molecule has 0 radical (unpaired) electrons. The van der Waals surface area contributed by atoms with Gasteiger partial charge in [-0.15, -0.1) is 0 Å². The van der Waals surface area contributed by atoms with Crippen LogP contribution in [0.2, 0.25) is 0 Å². The molecule has 118 valence electrons. The van der Waals surface area contributed by atoms with E-state index in [1.165, 1.54) is 0 Å². The van der Waals surface area contributed by atoms with Crippen LogP contribution < -0.4 is 14.8 Å². The van der Waals surface area contributed by atoms with E-state index >= 15 is 0 Å².